The van der Waals surface area contributed by atoms with Crippen LogP contribution in [0.2, 0.25) is 0 Å². The van der Waals surface area contributed by atoms with Crippen molar-refractivity contribution in [3.63, 3.8) is 0 Å². The van der Waals surface area contributed by atoms with E-state index in [-0.39, 0.29) is 17.6 Å². The number of rotatable bonds is 2. The van der Waals surface area contributed by atoms with Crippen LogP contribution in [0.4, 0.5) is 0 Å². The van der Waals surface area contributed by atoms with Gasteiger partial charge in [-0.2, -0.15) is 0 Å². The molecule has 2 aliphatic heterocycles. The topological polar surface area (TPSA) is 56.6 Å². The highest BCUT2D eigenvalue weighted by Gasteiger charge is 2.33. The molecule has 1 atom stereocenters. The smallest absolute Gasteiger partial charge is 0.274 e. The van der Waals surface area contributed by atoms with Crippen molar-refractivity contribution >= 4 is 5.91 Å². The number of aryl methyl sites for hydroxylation is 2. The summed E-state index contributed by atoms with van der Waals surface area (Å²) in [5, 5.41) is 0. The number of fused-ring (bicyclic) bond motifs is 4. The molecule has 1 unspecified atom stereocenters. The SMILES string of the molecule is Cc1ccc(-c2nc(C(=O)N(C)C(C)(C)C)c3n2-c2cc4c(cc2CC3)OCC(C)O4)cc1. The first-order valence-corrected chi connectivity index (χ1v) is 11.6. The summed E-state index contributed by atoms with van der Waals surface area (Å²) in [4.78, 5) is 20.3. The monoisotopic (exact) mass is 445 g/mol. The predicted octanol–water partition coefficient (Wildman–Crippen LogP) is 4.98. The van der Waals surface area contributed by atoms with E-state index in [1.54, 1.807) is 4.90 Å². The maximum atomic E-state index is 13.6. The van der Waals surface area contributed by atoms with Gasteiger partial charge in [-0.05, 0) is 59.1 Å². The van der Waals surface area contributed by atoms with Crippen molar-refractivity contribution in [3.05, 3.63) is 58.9 Å². The number of hydrogen-bond donors (Lipinski definition) is 0. The molecule has 3 aromatic rings. The van der Waals surface area contributed by atoms with E-state index < -0.39 is 0 Å². The number of amides is 1. The molecule has 0 fully saturated rings. The Bertz CT molecular complexity index is 1230. The van der Waals surface area contributed by atoms with E-state index in [0.717, 1.165) is 47.1 Å². The third-order valence-corrected chi connectivity index (χ3v) is 6.61. The summed E-state index contributed by atoms with van der Waals surface area (Å²) < 4.78 is 14.1. The van der Waals surface area contributed by atoms with Gasteiger partial charge in [0.15, 0.2) is 17.2 Å². The fourth-order valence-corrected chi connectivity index (χ4v) is 4.39. The van der Waals surface area contributed by atoms with Gasteiger partial charge in [-0.1, -0.05) is 29.8 Å². The summed E-state index contributed by atoms with van der Waals surface area (Å²) >= 11 is 0. The molecule has 1 amide bonds. The molecule has 0 N–H and O–H groups in total. The summed E-state index contributed by atoms with van der Waals surface area (Å²) in [7, 11) is 1.85. The highest BCUT2D eigenvalue weighted by Crippen LogP contribution is 2.41. The van der Waals surface area contributed by atoms with E-state index >= 15 is 0 Å². The van der Waals surface area contributed by atoms with Crippen LogP contribution in [0.15, 0.2) is 36.4 Å². The van der Waals surface area contributed by atoms with Crippen molar-refractivity contribution in [2.24, 2.45) is 0 Å². The van der Waals surface area contributed by atoms with Crippen LogP contribution in [0.1, 0.15) is 55.0 Å². The maximum Gasteiger partial charge on any atom is 0.274 e. The van der Waals surface area contributed by atoms with E-state index in [4.69, 9.17) is 14.5 Å². The van der Waals surface area contributed by atoms with Gasteiger partial charge in [-0.15, -0.1) is 0 Å². The van der Waals surface area contributed by atoms with Crippen molar-refractivity contribution in [1.82, 2.24) is 14.5 Å². The van der Waals surface area contributed by atoms with Crippen LogP contribution in [0, 0.1) is 6.92 Å². The summed E-state index contributed by atoms with van der Waals surface area (Å²) in [6.45, 7) is 10.7. The molecule has 1 aromatic heterocycles. The molecule has 2 aliphatic rings. The van der Waals surface area contributed by atoms with Gasteiger partial charge in [0.05, 0.1) is 11.4 Å². The highest BCUT2D eigenvalue weighted by molar-refractivity contribution is 5.95. The Hall–Kier alpha value is -3.28. The van der Waals surface area contributed by atoms with Crippen LogP contribution in [-0.4, -0.2) is 45.7 Å². The number of nitrogens with zero attached hydrogens (tertiary/aromatic N) is 3. The number of hydrogen-bond acceptors (Lipinski definition) is 4. The normalized spacial score (nSPS) is 16.7. The molecule has 2 aromatic carbocycles. The molecule has 0 aliphatic carbocycles. The predicted molar refractivity (Wildman–Crippen MR) is 129 cm³/mol. The number of carbonyl (C=O) groups excluding carboxylic acids is 1. The summed E-state index contributed by atoms with van der Waals surface area (Å²) in [6, 6.07) is 12.4. The summed E-state index contributed by atoms with van der Waals surface area (Å²) in [5.41, 5.74) is 5.52. The first-order valence-electron chi connectivity index (χ1n) is 11.6. The van der Waals surface area contributed by atoms with Crippen LogP contribution < -0.4 is 9.47 Å². The minimum atomic E-state index is -0.301. The van der Waals surface area contributed by atoms with Crippen molar-refractivity contribution in [2.75, 3.05) is 13.7 Å². The lowest BCUT2D eigenvalue weighted by Crippen LogP contribution is -2.43. The van der Waals surface area contributed by atoms with E-state index in [2.05, 4.69) is 41.8 Å². The fourth-order valence-electron chi connectivity index (χ4n) is 4.39. The summed E-state index contributed by atoms with van der Waals surface area (Å²) in [5.74, 6) is 2.25. The molecular formula is C27H31N3O3. The van der Waals surface area contributed by atoms with E-state index in [1.165, 1.54) is 11.1 Å². The Morgan fingerprint density at radius 1 is 1.12 bits per heavy atom. The molecule has 6 nitrogen and oxygen atoms in total. The van der Waals surface area contributed by atoms with E-state index in [9.17, 15) is 4.79 Å². The van der Waals surface area contributed by atoms with Gasteiger partial charge in [0.1, 0.15) is 18.5 Å². The van der Waals surface area contributed by atoms with Gasteiger partial charge < -0.3 is 14.4 Å². The second kappa shape index (κ2) is 7.65. The quantitative estimate of drug-likeness (QED) is 0.558. The number of aromatic nitrogens is 2. The second-order valence-corrected chi connectivity index (χ2v) is 10.1. The highest BCUT2D eigenvalue weighted by atomic mass is 16.6. The molecule has 0 radical (unpaired) electrons. The molecule has 6 heteroatoms. The van der Waals surface area contributed by atoms with Gasteiger partial charge in [-0.3, -0.25) is 9.36 Å². The number of benzene rings is 2. The first-order chi connectivity index (χ1) is 15.6. The minimum absolute atomic E-state index is 0.00413. The molecule has 0 saturated carbocycles. The Labute approximate surface area is 195 Å². The number of carbonyl (C=O) groups is 1. The Morgan fingerprint density at radius 3 is 2.55 bits per heavy atom. The van der Waals surface area contributed by atoms with E-state index in [0.29, 0.717) is 12.3 Å². The van der Waals surface area contributed by atoms with Crippen LogP contribution in [0.5, 0.6) is 11.5 Å². The molecule has 0 bridgehead atoms. The molecule has 5 rings (SSSR count). The van der Waals surface area contributed by atoms with Crippen LogP contribution in [0.3, 0.4) is 0 Å². The molecular weight excluding hydrogens is 414 g/mol. The van der Waals surface area contributed by atoms with Gasteiger partial charge in [0, 0.05) is 24.2 Å². The Morgan fingerprint density at radius 2 is 1.85 bits per heavy atom. The second-order valence-electron chi connectivity index (χ2n) is 10.1. The number of ether oxygens (including phenoxy) is 2. The van der Waals surface area contributed by atoms with Crippen LogP contribution in [0.25, 0.3) is 17.1 Å². The minimum Gasteiger partial charge on any atom is -0.486 e. The average molecular weight is 446 g/mol. The molecule has 33 heavy (non-hydrogen) atoms. The average Bonchev–Trinajstić information content (AvgIpc) is 3.16. The Balaban J connectivity index is 1.72. The van der Waals surface area contributed by atoms with Gasteiger partial charge in [-0.25, -0.2) is 4.98 Å². The largest absolute Gasteiger partial charge is 0.486 e. The zero-order valence-electron chi connectivity index (χ0n) is 20.2. The molecule has 3 heterocycles. The summed E-state index contributed by atoms with van der Waals surface area (Å²) in [6.07, 6.45) is 1.55. The lowest BCUT2D eigenvalue weighted by atomic mass is 9.98. The zero-order chi connectivity index (χ0) is 23.5. The fraction of sp³-hybridized carbons (Fsp3) is 0.407. The van der Waals surface area contributed by atoms with Crippen molar-refractivity contribution < 1.29 is 14.3 Å². The molecule has 0 spiro atoms. The molecule has 0 saturated heterocycles. The maximum absolute atomic E-state index is 13.6. The number of imidazole rings is 1. The van der Waals surface area contributed by atoms with Crippen LogP contribution in [-0.2, 0) is 12.8 Å². The van der Waals surface area contributed by atoms with Gasteiger partial charge >= 0.3 is 0 Å². The third-order valence-electron chi connectivity index (χ3n) is 6.61. The zero-order valence-corrected chi connectivity index (χ0v) is 20.2. The Kier molecular flexibility index (Phi) is 5.00. The molecule has 172 valence electrons. The van der Waals surface area contributed by atoms with E-state index in [1.807, 2.05) is 40.8 Å². The third kappa shape index (κ3) is 3.67. The standard InChI is InChI=1S/C27H31N3O3/c1-16-7-9-18(10-8-16)25-28-24(26(31)29(6)27(3,4)5)20-12-11-19-13-22-23(14-21(19)30(20)25)33-17(2)15-32-22/h7-10,13-14,17H,11-12,15H2,1-6H3. The van der Waals surface area contributed by atoms with Crippen molar-refractivity contribution in [1.29, 1.82) is 0 Å². The lowest BCUT2D eigenvalue weighted by Gasteiger charge is -2.32. The van der Waals surface area contributed by atoms with Gasteiger partial charge in [0.25, 0.3) is 5.91 Å². The first kappa shape index (κ1) is 21.6. The van der Waals surface area contributed by atoms with Gasteiger partial charge in [0.2, 0.25) is 0 Å². The van der Waals surface area contributed by atoms with Crippen molar-refractivity contribution in [3.8, 4) is 28.6 Å². The van der Waals surface area contributed by atoms with Crippen molar-refractivity contribution in [2.45, 2.75) is 59.1 Å². The van der Waals surface area contributed by atoms with Crippen LogP contribution >= 0.6 is 0 Å². The lowest BCUT2D eigenvalue weighted by molar-refractivity contribution is 0.0649.